The molecule has 0 heterocycles. The fourth-order valence-electron chi connectivity index (χ4n) is 4.91. The Kier molecular flexibility index (Phi) is 8.74. The summed E-state index contributed by atoms with van der Waals surface area (Å²) in [6.45, 7) is 4.01. The summed E-state index contributed by atoms with van der Waals surface area (Å²) in [5.74, 6) is -0.401. The number of halogens is 3. The normalized spacial score (nSPS) is 18.1. The molecule has 1 atom stereocenters. The summed E-state index contributed by atoms with van der Waals surface area (Å²) >= 11 is 0. The molecule has 2 aliphatic rings. The molecule has 6 nitrogen and oxygen atoms in total. The van der Waals surface area contributed by atoms with E-state index in [4.69, 9.17) is 14.3 Å². The van der Waals surface area contributed by atoms with Crippen LogP contribution in [0.4, 0.5) is 13.2 Å². The van der Waals surface area contributed by atoms with Crippen molar-refractivity contribution in [1.29, 1.82) is 0 Å². The maximum absolute atomic E-state index is 13.7. The number of alkyl halides is 3. The van der Waals surface area contributed by atoms with Crippen LogP contribution in [-0.4, -0.2) is 30.9 Å². The smallest absolute Gasteiger partial charge is 0.419 e. The minimum atomic E-state index is -4.52. The number of hydrogen-bond acceptors (Lipinski definition) is 6. The summed E-state index contributed by atoms with van der Waals surface area (Å²) in [7, 11) is 0. The van der Waals surface area contributed by atoms with Gasteiger partial charge >= 0.3 is 12.1 Å². The van der Waals surface area contributed by atoms with Gasteiger partial charge in [0.05, 0.1) is 30.5 Å². The van der Waals surface area contributed by atoms with Crippen molar-refractivity contribution < 1.29 is 32.3 Å². The van der Waals surface area contributed by atoms with Gasteiger partial charge in [-0.25, -0.2) is 0 Å². The van der Waals surface area contributed by atoms with Gasteiger partial charge in [-0.15, -0.1) is 0 Å². The summed E-state index contributed by atoms with van der Waals surface area (Å²) in [5.41, 5.74) is 3.39. The van der Waals surface area contributed by atoms with Crippen molar-refractivity contribution in [1.82, 2.24) is 5.32 Å². The summed E-state index contributed by atoms with van der Waals surface area (Å²) in [4.78, 5) is 17.1. The number of nitrogens with zero attached hydrogens (tertiary/aromatic N) is 1. The monoisotopic (exact) mass is 518 g/mol. The van der Waals surface area contributed by atoms with Gasteiger partial charge in [0.1, 0.15) is 12.4 Å². The van der Waals surface area contributed by atoms with Crippen LogP contribution >= 0.6 is 0 Å². The van der Waals surface area contributed by atoms with Crippen LogP contribution in [0.15, 0.2) is 41.6 Å². The number of nitrogens with one attached hydrogen (secondary N) is 1. The number of rotatable bonds is 10. The minimum Gasteiger partial charge on any atom is -0.490 e. The Hall–Kier alpha value is -3.07. The number of benzene rings is 2. The number of oxime groups is 1. The van der Waals surface area contributed by atoms with Gasteiger partial charge in [0.15, 0.2) is 0 Å². The van der Waals surface area contributed by atoms with E-state index in [9.17, 15) is 18.0 Å². The zero-order valence-electron chi connectivity index (χ0n) is 21.2. The zero-order chi connectivity index (χ0) is 26.4. The highest BCUT2D eigenvalue weighted by Gasteiger charge is 2.35. The second kappa shape index (κ2) is 12.0. The molecule has 0 aromatic heterocycles. The quantitative estimate of drug-likeness (QED) is 0.234. The van der Waals surface area contributed by atoms with Crippen molar-refractivity contribution in [3.05, 3.63) is 64.2 Å². The van der Waals surface area contributed by atoms with E-state index in [1.165, 1.54) is 11.6 Å². The highest BCUT2D eigenvalue weighted by atomic mass is 19.4. The van der Waals surface area contributed by atoms with E-state index in [-0.39, 0.29) is 37.0 Å². The molecule has 1 unspecified atom stereocenters. The molecule has 0 aliphatic heterocycles. The van der Waals surface area contributed by atoms with Crippen molar-refractivity contribution >= 4 is 11.7 Å². The molecule has 1 N–H and O–H groups in total. The molecule has 0 amide bonds. The third-order valence-corrected chi connectivity index (χ3v) is 6.81. The Morgan fingerprint density at radius 1 is 1.11 bits per heavy atom. The molecule has 2 aromatic rings. The fourth-order valence-corrected chi connectivity index (χ4v) is 4.91. The Labute approximate surface area is 215 Å². The fraction of sp³-hybridized carbons (Fsp3) is 0.500. The maximum atomic E-state index is 13.7. The van der Waals surface area contributed by atoms with Gasteiger partial charge < -0.3 is 19.6 Å². The first-order valence-corrected chi connectivity index (χ1v) is 12.8. The summed E-state index contributed by atoms with van der Waals surface area (Å²) in [6, 6.07) is 10.1. The number of fused-ring (bicyclic) bond motifs is 1. The van der Waals surface area contributed by atoms with E-state index >= 15 is 0 Å². The number of ether oxygens (including phenoxy) is 2. The predicted octanol–water partition coefficient (Wildman–Crippen LogP) is 6.11. The van der Waals surface area contributed by atoms with Gasteiger partial charge in [0.25, 0.3) is 0 Å². The standard InChI is InChI=1S/C28H33F3N2O4/c1-3-35-27(34)16-32-25-12-10-21-15-20(9-11-23(21)25)18(2)33-36-17-19-8-13-26(24(14-19)28(29,30)31)37-22-6-4-5-7-22/h8-9,11,13-15,22,25,32H,3-7,10,12,16-17H2,1-2H3/b33-18+. The van der Waals surface area contributed by atoms with E-state index in [1.807, 2.05) is 18.2 Å². The van der Waals surface area contributed by atoms with Crippen LogP contribution in [0.2, 0.25) is 0 Å². The van der Waals surface area contributed by atoms with Gasteiger partial charge in [-0.2, -0.15) is 13.2 Å². The van der Waals surface area contributed by atoms with Gasteiger partial charge in [-0.05, 0) is 92.8 Å². The zero-order valence-corrected chi connectivity index (χ0v) is 21.2. The number of hydrogen-bond donors (Lipinski definition) is 1. The predicted molar refractivity (Wildman–Crippen MR) is 133 cm³/mol. The van der Waals surface area contributed by atoms with Crippen LogP contribution in [0.25, 0.3) is 0 Å². The van der Waals surface area contributed by atoms with E-state index in [0.717, 1.165) is 55.7 Å². The molecule has 2 aliphatic carbocycles. The van der Waals surface area contributed by atoms with Gasteiger partial charge in [-0.3, -0.25) is 4.79 Å². The molecule has 1 saturated carbocycles. The second-order valence-electron chi connectivity index (χ2n) is 9.49. The van der Waals surface area contributed by atoms with E-state index < -0.39 is 11.7 Å². The van der Waals surface area contributed by atoms with Gasteiger partial charge in [0.2, 0.25) is 0 Å². The molecule has 37 heavy (non-hydrogen) atoms. The van der Waals surface area contributed by atoms with Crippen molar-refractivity contribution in [2.24, 2.45) is 5.16 Å². The molecule has 0 saturated heterocycles. The molecule has 9 heteroatoms. The van der Waals surface area contributed by atoms with Crippen LogP contribution in [0, 0.1) is 0 Å². The van der Waals surface area contributed by atoms with E-state index in [2.05, 4.69) is 10.5 Å². The molecular formula is C28H33F3N2O4. The van der Waals surface area contributed by atoms with Gasteiger partial charge in [-0.1, -0.05) is 23.4 Å². The van der Waals surface area contributed by atoms with Gasteiger partial charge in [0, 0.05) is 6.04 Å². The molecule has 0 spiro atoms. The number of carbonyl (C=O) groups excluding carboxylic acids is 1. The molecule has 1 fully saturated rings. The minimum absolute atomic E-state index is 0.0883. The average molecular weight is 519 g/mol. The lowest BCUT2D eigenvalue weighted by Gasteiger charge is -2.18. The Morgan fingerprint density at radius 3 is 2.62 bits per heavy atom. The first kappa shape index (κ1) is 27.0. The van der Waals surface area contributed by atoms with Crippen molar-refractivity contribution in [2.45, 2.75) is 77.3 Å². The summed E-state index contributed by atoms with van der Waals surface area (Å²) < 4.78 is 51.6. The van der Waals surface area contributed by atoms with Crippen LogP contribution in [-0.2, 0) is 33.6 Å². The Balaban J connectivity index is 1.37. The Bertz CT molecular complexity index is 1130. The highest BCUT2D eigenvalue weighted by Crippen LogP contribution is 2.38. The van der Waals surface area contributed by atoms with Crippen LogP contribution in [0.5, 0.6) is 5.75 Å². The third kappa shape index (κ3) is 7.03. The number of esters is 1. The first-order chi connectivity index (χ1) is 17.7. The second-order valence-corrected chi connectivity index (χ2v) is 9.49. The summed E-state index contributed by atoms with van der Waals surface area (Å²) in [6.07, 6.45) is 0.592. The lowest BCUT2D eigenvalue weighted by atomic mass is 10.0. The SMILES string of the molecule is CCOC(=O)CNC1CCc2cc(/C(C)=N/OCc3ccc(OC4CCCC4)c(C(F)(F)F)c3)ccc21. The average Bonchev–Trinajstić information content (AvgIpc) is 3.52. The first-order valence-electron chi connectivity index (χ1n) is 12.8. The van der Waals surface area contributed by atoms with Crippen LogP contribution in [0.3, 0.4) is 0 Å². The van der Waals surface area contributed by atoms with E-state index in [1.54, 1.807) is 19.9 Å². The van der Waals surface area contributed by atoms with E-state index in [0.29, 0.717) is 17.9 Å². The van der Waals surface area contributed by atoms with Crippen molar-refractivity contribution in [3.8, 4) is 5.75 Å². The lowest BCUT2D eigenvalue weighted by Crippen LogP contribution is -2.27. The summed E-state index contributed by atoms with van der Waals surface area (Å²) in [5, 5.41) is 7.38. The molecule has 4 rings (SSSR count). The third-order valence-electron chi connectivity index (χ3n) is 6.81. The molecular weight excluding hydrogens is 485 g/mol. The van der Waals surface area contributed by atoms with Crippen molar-refractivity contribution in [3.63, 3.8) is 0 Å². The van der Waals surface area contributed by atoms with Crippen molar-refractivity contribution in [2.75, 3.05) is 13.2 Å². The largest absolute Gasteiger partial charge is 0.490 e. The molecule has 0 bridgehead atoms. The molecule has 0 radical (unpaired) electrons. The Morgan fingerprint density at radius 2 is 1.89 bits per heavy atom. The van der Waals surface area contributed by atoms with Crippen LogP contribution in [0.1, 0.15) is 79.8 Å². The van der Waals surface area contributed by atoms with Crippen LogP contribution < -0.4 is 10.1 Å². The lowest BCUT2D eigenvalue weighted by molar-refractivity contribution is -0.142. The highest BCUT2D eigenvalue weighted by molar-refractivity contribution is 5.98. The number of aryl methyl sites for hydroxylation is 1. The maximum Gasteiger partial charge on any atom is 0.419 e. The molecule has 200 valence electrons. The molecule has 2 aromatic carbocycles. The topological polar surface area (TPSA) is 69.2 Å². The number of carbonyl (C=O) groups is 1.